The number of aromatic nitrogens is 3. The summed E-state index contributed by atoms with van der Waals surface area (Å²) in [6.07, 6.45) is 8.01. The number of hydrogen-bond donors (Lipinski definition) is 0. The number of benzene rings is 6. The molecule has 0 bridgehead atoms. The van der Waals surface area contributed by atoms with Gasteiger partial charge in [-0.2, -0.15) is 0 Å². The first-order valence-corrected chi connectivity index (χ1v) is 17.3. The van der Waals surface area contributed by atoms with E-state index in [-0.39, 0.29) is 5.41 Å². The van der Waals surface area contributed by atoms with E-state index in [9.17, 15) is 0 Å². The summed E-state index contributed by atoms with van der Waals surface area (Å²) in [6, 6.07) is 44.2. The fourth-order valence-corrected chi connectivity index (χ4v) is 8.36. The summed E-state index contributed by atoms with van der Waals surface area (Å²) in [4.78, 5) is 10.8. The van der Waals surface area contributed by atoms with Crippen LogP contribution in [0.3, 0.4) is 0 Å². The number of allylic oxidation sites excluding steroid dienone is 4. The predicted octanol–water partition coefficient (Wildman–Crippen LogP) is 11.8. The van der Waals surface area contributed by atoms with Crippen molar-refractivity contribution in [2.45, 2.75) is 32.6 Å². The highest BCUT2D eigenvalue weighted by Gasteiger charge is 2.35. The summed E-state index contributed by atoms with van der Waals surface area (Å²) in [5, 5.41) is 5.96. The molecule has 0 N–H and O–H groups in total. The fourth-order valence-electron chi connectivity index (χ4n) is 8.36. The Morgan fingerprint density at radius 2 is 1.43 bits per heavy atom. The molecule has 0 fully saturated rings. The lowest BCUT2D eigenvalue weighted by Gasteiger charge is -2.22. The van der Waals surface area contributed by atoms with Gasteiger partial charge in [0.1, 0.15) is 0 Å². The van der Waals surface area contributed by atoms with Gasteiger partial charge in [0, 0.05) is 27.1 Å². The second-order valence-electron chi connectivity index (χ2n) is 14.3. The molecule has 8 aromatic rings. The van der Waals surface area contributed by atoms with Crippen molar-refractivity contribution in [1.29, 1.82) is 0 Å². The van der Waals surface area contributed by atoms with Gasteiger partial charge >= 0.3 is 0 Å². The third kappa shape index (κ3) is 4.15. The van der Waals surface area contributed by atoms with Crippen LogP contribution >= 0.6 is 0 Å². The molecule has 2 aliphatic rings. The predicted molar refractivity (Wildman–Crippen MR) is 205 cm³/mol. The Bertz CT molecular complexity index is 2740. The molecule has 234 valence electrons. The van der Waals surface area contributed by atoms with Crippen molar-refractivity contribution in [2.24, 2.45) is 5.92 Å². The molecule has 10 rings (SSSR count). The van der Waals surface area contributed by atoms with Crippen molar-refractivity contribution in [3.63, 3.8) is 0 Å². The summed E-state index contributed by atoms with van der Waals surface area (Å²) in [5.41, 5.74) is 13.0. The van der Waals surface area contributed by atoms with Gasteiger partial charge in [-0.1, -0.05) is 136 Å². The molecule has 0 radical (unpaired) electrons. The molecule has 1 atom stereocenters. The molecule has 2 aromatic heterocycles. The summed E-state index contributed by atoms with van der Waals surface area (Å²) in [7, 11) is 0. The Labute approximate surface area is 285 Å². The first kappa shape index (κ1) is 28.2. The Kier molecular flexibility index (Phi) is 5.96. The highest BCUT2D eigenvalue weighted by atomic mass is 15.2. The standard InChI is InChI=1S/C46H35N3/c1-28-16-18-29(19-17-28)31-20-24-37-42(27-31)49(41-25-22-30-10-4-5-11-33(30)43(37)41)45-47-40-15-9-7-13-36(40)44(48-45)32-21-23-35-34-12-6-8-14-38(34)46(2,3)39(35)26-32/h4-16,18-28H,17H2,1-3H3. The van der Waals surface area contributed by atoms with Crippen molar-refractivity contribution in [3.8, 4) is 28.3 Å². The third-order valence-corrected chi connectivity index (χ3v) is 11.0. The summed E-state index contributed by atoms with van der Waals surface area (Å²) in [5.74, 6) is 1.25. The number of nitrogens with zero attached hydrogens (tertiary/aromatic N) is 3. The van der Waals surface area contributed by atoms with Crippen LogP contribution in [0.15, 0.2) is 140 Å². The third-order valence-electron chi connectivity index (χ3n) is 11.0. The highest BCUT2D eigenvalue weighted by Crippen LogP contribution is 2.50. The van der Waals surface area contributed by atoms with Gasteiger partial charge in [-0.15, -0.1) is 0 Å². The first-order chi connectivity index (χ1) is 24.0. The quantitative estimate of drug-likeness (QED) is 0.195. The van der Waals surface area contributed by atoms with Crippen molar-refractivity contribution in [2.75, 3.05) is 0 Å². The van der Waals surface area contributed by atoms with E-state index in [1.165, 1.54) is 54.9 Å². The molecule has 0 saturated heterocycles. The lowest BCUT2D eigenvalue weighted by atomic mass is 9.82. The van der Waals surface area contributed by atoms with Crippen LogP contribution in [0.25, 0.3) is 77.4 Å². The van der Waals surface area contributed by atoms with Gasteiger partial charge in [0.15, 0.2) is 0 Å². The molecular formula is C46H35N3. The van der Waals surface area contributed by atoms with E-state index in [4.69, 9.17) is 9.97 Å². The number of para-hydroxylation sites is 1. The van der Waals surface area contributed by atoms with Gasteiger partial charge in [-0.25, -0.2) is 9.97 Å². The van der Waals surface area contributed by atoms with Gasteiger partial charge < -0.3 is 0 Å². The van der Waals surface area contributed by atoms with E-state index in [1.807, 2.05) is 0 Å². The van der Waals surface area contributed by atoms with Crippen molar-refractivity contribution in [3.05, 3.63) is 156 Å². The molecule has 2 aliphatic carbocycles. The van der Waals surface area contributed by atoms with Crippen molar-refractivity contribution >= 4 is 49.1 Å². The Morgan fingerprint density at radius 1 is 0.653 bits per heavy atom. The van der Waals surface area contributed by atoms with Gasteiger partial charge in [0.2, 0.25) is 5.95 Å². The molecule has 3 heteroatoms. The lowest BCUT2D eigenvalue weighted by Crippen LogP contribution is -2.15. The maximum atomic E-state index is 5.49. The summed E-state index contributed by atoms with van der Waals surface area (Å²) < 4.78 is 2.29. The molecule has 0 saturated carbocycles. The maximum absolute atomic E-state index is 5.49. The highest BCUT2D eigenvalue weighted by molar-refractivity contribution is 6.21. The second-order valence-corrected chi connectivity index (χ2v) is 14.3. The van der Waals surface area contributed by atoms with E-state index in [0.717, 1.165) is 39.6 Å². The molecule has 3 nitrogen and oxygen atoms in total. The largest absolute Gasteiger partial charge is 0.278 e. The zero-order chi connectivity index (χ0) is 32.9. The zero-order valence-corrected chi connectivity index (χ0v) is 27.9. The Hall–Kier alpha value is -5.80. The van der Waals surface area contributed by atoms with E-state index in [1.54, 1.807) is 0 Å². The van der Waals surface area contributed by atoms with Gasteiger partial charge in [0.05, 0.1) is 22.2 Å². The molecule has 1 unspecified atom stereocenters. The van der Waals surface area contributed by atoms with Crippen LogP contribution in [0.1, 0.15) is 43.9 Å². The molecule has 49 heavy (non-hydrogen) atoms. The van der Waals surface area contributed by atoms with E-state index in [0.29, 0.717) is 11.9 Å². The molecule has 0 spiro atoms. The second kappa shape index (κ2) is 10.3. The average Bonchev–Trinajstić information content (AvgIpc) is 3.59. The van der Waals surface area contributed by atoms with Crippen LogP contribution in [-0.4, -0.2) is 14.5 Å². The van der Waals surface area contributed by atoms with Crippen molar-refractivity contribution < 1.29 is 0 Å². The average molecular weight is 630 g/mol. The number of fused-ring (bicyclic) bond motifs is 9. The van der Waals surface area contributed by atoms with Gasteiger partial charge in [0.25, 0.3) is 0 Å². The normalized spacial score (nSPS) is 16.4. The number of rotatable bonds is 3. The number of hydrogen-bond acceptors (Lipinski definition) is 2. The summed E-state index contributed by atoms with van der Waals surface area (Å²) >= 11 is 0. The van der Waals surface area contributed by atoms with Crippen LogP contribution in [0, 0.1) is 5.92 Å². The van der Waals surface area contributed by atoms with Crippen molar-refractivity contribution in [1.82, 2.24) is 14.5 Å². The maximum Gasteiger partial charge on any atom is 0.235 e. The van der Waals surface area contributed by atoms with Crippen LogP contribution < -0.4 is 0 Å². The summed E-state index contributed by atoms with van der Waals surface area (Å²) in [6.45, 7) is 6.94. The van der Waals surface area contributed by atoms with Crippen LogP contribution in [0.4, 0.5) is 0 Å². The monoisotopic (exact) mass is 629 g/mol. The van der Waals surface area contributed by atoms with Gasteiger partial charge in [-0.05, 0) is 80.8 Å². The molecule has 6 aromatic carbocycles. The van der Waals surface area contributed by atoms with E-state index >= 15 is 0 Å². The minimum Gasteiger partial charge on any atom is -0.278 e. The first-order valence-electron chi connectivity index (χ1n) is 17.3. The zero-order valence-electron chi connectivity index (χ0n) is 27.9. The Balaban J connectivity index is 1.25. The molecular weight excluding hydrogens is 595 g/mol. The van der Waals surface area contributed by atoms with E-state index < -0.39 is 0 Å². The van der Waals surface area contributed by atoms with Gasteiger partial charge in [-0.3, -0.25) is 4.57 Å². The Morgan fingerprint density at radius 3 is 2.31 bits per heavy atom. The molecule has 2 heterocycles. The minimum absolute atomic E-state index is 0.0993. The minimum atomic E-state index is -0.0993. The lowest BCUT2D eigenvalue weighted by molar-refractivity contribution is 0.660. The fraction of sp³-hybridized carbons (Fsp3) is 0.130. The van der Waals surface area contributed by atoms with E-state index in [2.05, 4.69) is 165 Å². The topological polar surface area (TPSA) is 30.7 Å². The molecule has 0 amide bonds. The van der Waals surface area contributed by atoms with Crippen LogP contribution in [0.2, 0.25) is 0 Å². The molecule has 0 aliphatic heterocycles. The van der Waals surface area contributed by atoms with Crippen LogP contribution in [0.5, 0.6) is 0 Å². The SMILES string of the molecule is CC1C=CC(c2ccc3c4c5ccccc5ccc4n(-c4nc(-c5ccc6c(c5)C(C)(C)c5ccccc5-6)c5ccccc5n4)c3c2)=CC1. The smallest absolute Gasteiger partial charge is 0.235 e. The van der Waals surface area contributed by atoms with Crippen LogP contribution in [-0.2, 0) is 5.41 Å².